The highest BCUT2D eigenvalue weighted by molar-refractivity contribution is 5.95. The Morgan fingerprint density at radius 3 is 2.36 bits per heavy atom. The van der Waals surface area contributed by atoms with Crippen molar-refractivity contribution in [2.75, 3.05) is 11.4 Å². The fourth-order valence-electron chi connectivity index (χ4n) is 3.07. The van der Waals surface area contributed by atoms with Gasteiger partial charge in [-0.2, -0.15) is 0 Å². The minimum absolute atomic E-state index is 0.0238. The Morgan fingerprint density at radius 1 is 1.07 bits per heavy atom. The van der Waals surface area contributed by atoms with Crippen LogP contribution in [0.25, 0.3) is 6.08 Å². The lowest BCUT2D eigenvalue weighted by atomic mass is 10.0. The van der Waals surface area contributed by atoms with Crippen LogP contribution in [0.3, 0.4) is 0 Å². The fraction of sp³-hybridized carbons (Fsp3) is 0.333. The molecule has 148 valence electrons. The number of hydrogen-bond acceptors (Lipinski definition) is 2. The molecule has 0 bridgehead atoms. The molecule has 0 aliphatic carbocycles. The normalized spacial score (nSPS) is 10.6. The second kappa shape index (κ2) is 10.5. The van der Waals surface area contributed by atoms with Gasteiger partial charge in [-0.25, -0.2) is 0 Å². The molecule has 0 aliphatic heterocycles. The van der Waals surface area contributed by atoms with Crippen LogP contribution in [0.1, 0.15) is 43.9 Å². The lowest BCUT2D eigenvalue weighted by Gasteiger charge is -2.26. The first kappa shape index (κ1) is 21.4. The van der Waals surface area contributed by atoms with E-state index in [1.165, 1.54) is 5.56 Å². The predicted molar refractivity (Wildman–Crippen MR) is 116 cm³/mol. The summed E-state index contributed by atoms with van der Waals surface area (Å²) in [5.41, 5.74) is 4.10. The van der Waals surface area contributed by atoms with Crippen molar-refractivity contribution in [1.29, 1.82) is 0 Å². The molecule has 2 aromatic rings. The maximum atomic E-state index is 13.1. The van der Waals surface area contributed by atoms with Crippen molar-refractivity contribution in [2.24, 2.45) is 5.92 Å². The molecule has 4 nitrogen and oxygen atoms in total. The second-order valence-electron chi connectivity index (χ2n) is 7.06. The molecule has 1 N–H and O–H groups in total. The smallest absolute Gasteiger partial charge is 0.229 e. The summed E-state index contributed by atoms with van der Waals surface area (Å²) < 4.78 is 0. The highest BCUT2D eigenvalue weighted by Gasteiger charge is 2.19. The summed E-state index contributed by atoms with van der Waals surface area (Å²) >= 11 is 0. The lowest BCUT2D eigenvalue weighted by Crippen LogP contribution is -2.36. The summed E-state index contributed by atoms with van der Waals surface area (Å²) in [4.78, 5) is 26.7. The van der Waals surface area contributed by atoms with Gasteiger partial charge in [0.1, 0.15) is 0 Å². The van der Waals surface area contributed by atoms with Gasteiger partial charge >= 0.3 is 0 Å². The summed E-state index contributed by atoms with van der Waals surface area (Å²) in [5, 5.41) is 2.83. The lowest BCUT2D eigenvalue weighted by molar-refractivity contribution is -0.124. The zero-order valence-electron chi connectivity index (χ0n) is 17.1. The van der Waals surface area contributed by atoms with E-state index in [4.69, 9.17) is 0 Å². The number of aryl methyl sites for hydroxylation is 1. The molecule has 0 unspecified atom stereocenters. The minimum Gasteiger partial charge on any atom is -0.355 e. The van der Waals surface area contributed by atoms with Gasteiger partial charge in [-0.15, -0.1) is 0 Å². The molecule has 4 heteroatoms. The van der Waals surface area contributed by atoms with Crippen LogP contribution < -0.4 is 10.2 Å². The summed E-state index contributed by atoms with van der Waals surface area (Å²) in [7, 11) is 0. The predicted octanol–water partition coefficient (Wildman–Crippen LogP) is 4.59. The highest BCUT2D eigenvalue weighted by atomic mass is 16.2. The van der Waals surface area contributed by atoms with E-state index in [-0.39, 0.29) is 24.2 Å². The molecule has 0 fully saturated rings. The van der Waals surface area contributed by atoms with E-state index in [2.05, 4.69) is 31.0 Å². The molecule has 2 aromatic carbocycles. The third-order valence-electron chi connectivity index (χ3n) is 4.74. The van der Waals surface area contributed by atoms with Crippen molar-refractivity contribution in [3.63, 3.8) is 0 Å². The van der Waals surface area contributed by atoms with Crippen molar-refractivity contribution in [3.8, 4) is 0 Å². The van der Waals surface area contributed by atoms with Gasteiger partial charge in [-0.1, -0.05) is 75.9 Å². The topological polar surface area (TPSA) is 49.4 Å². The molecule has 0 atom stereocenters. The SMILES string of the molecule is C=Cc1ccccc1N(Cc1ccccc1CC)C(=O)CCNC(=O)C(C)C. The quantitative estimate of drug-likeness (QED) is 0.694. The summed E-state index contributed by atoms with van der Waals surface area (Å²) in [6.07, 6.45) is 2.92. The summed E-state index contributed by atoms with van der Waals surface area (Å²) in [6.45, 7) is 10.5. The van der Waals surface area contributed by atoms with Crippen LogP contribution in [0, 0.1) is 5.92 Å². The molecule has 0 saturated heterocycles. The molecule has 0 aliphatic rings. The average Bonchev–Trinajstić information content (AvgIpc) is 2.71. The van der Waals surface area contributed by atoms with E-state index in [0.29, 0.717) is 13.1 Å². The van der Waals surface area contributed by atoms with Crippen LogP contribution in [-0.2, 0) is 22.6 Å². The van der Waals surface area contributed by atoms with Gasteiger partial charge in [0.2, 0.25) is 11.8 Å². The first-order valence-electron chi connectivity index (χ1n) is 9.84. The molecule has 0 aromatic heterocycles. The van der Waals surface area contributed by atoms with Crippen LogP contribution in [0.5, 0.6) is 0 Å². The number of benzene rings is 2. The van der Waals surface area contributed by atoms with Gasteiger partial charge in [0.25, 0.3) is 0 Å². The molecule has 2 amide bonds. The molecular formula is C24H30N2O2. The summed E-state index contributed by atoms with van der Waals surface area (Å²) in [6, 6.07) is 15.9. The van der Waals surface area contributed by atoms with Crippen molar-refractivity contribution in [3.05, 3.63) is 71.8 Å². The number of para-hydroxylation sites is 1. The largest absolute Gasteiger partial charge is 0.355 e. The number of nitrogens with zero attached hydrogens (tertiary/aromatic N) is 1. The van der Waals surface area contributed by atoms with Gasteiger partial charge in [-0.3, -0.25) is 9.59 Å². The average molecular weight is 379 g/mol. The number of rotatable bonds is 9. The van der Waals surface area contributed by atoms with E-state index >= 15 is 0 Å². The number of carbonyl (C=O) groups is 2. The van der Waals surface area contributed by atoms with Gasteiger partial charge in [0.05, 0.1) is 12.2 Å². The van der Waals surface area contributed by atoms with E-state index in [1.54, 1.807) is 11.0 Å². The Hall–Kier alpha value is -2.88. The Bertz CT molecular complexity index is 827. The number of hydrogen-bond donors (Lipinski definition) is 1. The minimum atomic E-state index is -0.0934. The Morgan fingerprint density at radius 2 is 1.71 bits per heavy atom. The molecule has 0 saturated carbocycles. The number of nitrogens with one attached hydrogen (secondary N) is 1. The van der Waals surface area contributed by atoms with Crippen LogP contribution >= 0.6 is 0 Å². The Kier molecular flexibility index (Phi) is 8.00. The van der Waals surface area contributed by atoms with E-state index < -0.39 is 0 Å². The van der Waals surface area contributed by atoms with Crippen molar-refractivity contribution < 1.29 is 9.59 Å². The maximum Gasteiger partial charge on any atom is 0.229 e. The van der Waals surface area contributed by atoms with E-state index in [1.807, 2.05) is 50.2 Å². The third-order valence-corrected chi connectivity index (χ3v) is 4.74. The van der Waals surface area contributed by atoms with Crippen LogP contribution in [0.15, 0.2) is 55.1 Å². The zero-order chi connectivity index (χ0) is 20.5. The standard InChI is InChI=1S/C24H30N2O2/c1-5-19-11-7-8-13-21(19)17-26(22-14-10-9-12-20(22)6-2)23(27)15-16-25-24(28)18(3)4/h6-14,18H,2,5,15-17H2,1,3-4H3,(H,25,28). The first-order chi connectivity index (χ1) is 13.5. The van der Waals surface area contributed by atoms with Gasteiger partial charge in [-0.05, 0) is 29.2 Å². The molecule has 2 rings (SSSR count). The van der Waals surface area contributed by atoms with E-state index in [9.17, 15) is 9.59 Å². The number of anilines is 1. The van der Waals surface area contributed by atoms with Crippen molar-refractivity contribution in [1.82, 2.24) is 5.32 Å². The van der Waals surface area contributed by atoms with Gasteiger partial charge in [0.15, 0.2) is 0 Å². The maximum absolute atomic E-state index is 13.1. The second-order valence-corrected chi connectivity index (χ2v) is 7.06. The van der Waals surface area contributed by atoms with Crippen molar-refractivity contribution in [2.45, 2.75) is 40.2 Å². The molecule has 0 heterocycles. The van der Waals surface area contributed by atoms with Crippen molar-refractivity contribution >= 4 is 23.6 Å². The molecular weight excluding hydrogens is 348 g/mol. The number of amides is 2. The number of carbonyl (C=O) groups excluding carboxylic acids is 2. The van der Waals surface area contributed by atoms with Crippen LogP contribution in [0.4, 0.5) is 5.69 Å². The first-order valence-corrected chi connectivity index (χ1v) is 9.84. The van der Waals surface area contributed by atoms with Crippen LogP contribution in [0.2, 0.25) is 0 Å². The highest BCUT2D eigenvalue weighted by Crippen LogP contribution is 2.25. The van der Waals surface area contributed by atoms with Crippen LogP contribution in [-0.4, -0.2) is 18.4 Å². The molecule has 0 radical (unpaired) electrons. The monoisotopic (exact) mass is 378 g/mol. The van der Waals surface area contributed by atoms with Gasteiger partial charge < -0.3 is 10.2 Å². The summed E-state index contributed by atoms with van der Waals surface area (Å²) in [5.74, 6) is -0.157. The Labute approximate surface area is 168 Å². The molecule has 0 spiro atoms. The fourth-order valence-corrected chi connectivity index (χ4v) is 3.07. The third kappa shape index (κ3) is 5.56. The zero-order valence-corrected chi connectivity index (χ0v) is 17.1. The van der Waals surface area contributed by atoms with E-state index in [0.717, 1.165) is 23.2 Å². The Balaban J connectivity index is 2.27. The van der Waals surface area contributed by atoms with Gasteiger partial charge in [0, 0.05) is 18.9 Å². The molecule has 28 heavy (non-hydrogen) atoms.